The number of nitrogens with zero attached hydrogens (tertiary/aromatic N) is 4. The van der Waals surface area contributed by atoms with E-state index in [0.29, 0.717) is 41.2 Å². The van der Waals surface area contributed by atoms with Gasteiger partial charge in [-0.1, -0.05) is 96.1 Å². The number of carbonyl (C=O) groups excluding carboxylic acids is 1. The van der Waals surface area contributed by atoms with Crippen LogP contribution in [0.15, 0.2) is 138 Å². The molecule has 0 radical (unpaired) electrons. The first kappa shape index (κ1) is 33.0. The number of carbonyl (C=O) groups is 1. The van der Waals surface area contributed by atoms with Crippen LogP contribution in [0.25, 0.3) is 21.6 Å². The van der Waals surface area contributed by atoms with Gasteiger partial charge in [-0.3, -0.25) is 4.79 Å². The van der Waals surface area contributed by atoms with Gasteiger partial charge in [-0.25, -0.2) is 9.38 Å². The maximum atomic E-state index is 14.6. The Hall–Kier alpha value is -5.96. The molecule has 0 aromatic heterocycles. The molecule has 0 unspecified atom stereocenters. The van der Waals surface area contributed by atoms with Crippen molar-refractivity contribution >= 4 is 17.5 Å². The topological polar surface area (TPSA) is 129 Å². The molecular formula is C39H34FN5O4. The number of hydrogen-bond acceptors (Lipinski definition) is 6. The highest BCUT2D eigenvalue weighted by atomic mass is 19.1. The van der Waals surface area contributed by atoms with Crippen molar-refractivity contribution in [3.63, 3.8) is 0 Å². The fraction of sp³-hybridized carbons (Fsp3) is 0.179. The quantitative estimate of drug-likeness (QED) is 0.0576. The second-order valence-electron chi connectivity index (χ2n) is 11.6. The highest BCUT2D eigenvalue weighted by molar-refractivity contribution is 6.01. The van der Waals surface area contributed by atoms with Gasteiger partial charge in [-0.15, -0.1) is 0 Å². The van der Waals surface area contributed by atoms with E-state index in [1.165, 1.54) is 12.1 Å². The van der Waals surface area contributed by atoms with E-state index in [1.54, 1.807) is 42.5 Å². The number of hydrogen-bond donors (Lipinski definition) is 2. The minimum absolute atomic E-state index is 0.0323. The molecule has 49 heavy (non-hydrogen) atoms. The normalized spacial score (nSPS) is 16.6. The van der Waals surface area contributed by atoms with E-state index in [0.717, 1.165) is 16.7 Å². The van der Waals surface area contributed by atoms with E-state index < -0.39 is 17.6 Å². The summed E-state index contributed by atoms with van der Waals surface area (Å²) in [5, 5.41) is 16.0. The minimum atomic E-state index is -1.54. The fourth-order valence-corrected chi connectivity index (χ4v) is 5.80. The zero-order valence-corrected chi connectivity index (χ0v) is 26.6. The van der Waals surface area contributed by atoms with Gasteiger partial charge in [-0.05, 0) is 69.7 Å². The Morgan fingerprint density at radius 1 is 0.898 bits per heavy atom. The molecule has 0 saturated heterocycles. The molecule has 2 N–H and O–H groups in total. The molecule has 1 amide bonds. The number of amides is 1. The summed E-state index contributed by atoms with van der Waals surface area (Å²) in [7, 11) is 0. The Bertz CT molecular complexity index is 1960. The number of aliphatic hydroxyl groups is 1. The predicted octanol–water partition coefficient (Wildman–Crippen LogP) is 8.01. The van der Waals surface area contributed by atoms with Gasteiger partial charge in [-0.2, -0.15) is 0 Å². The molecule has 1 aliphatic heterocycles. The molecule has 0 bridgehead atoms. The van der Waals surface area contributed by atoms with Crippen molar-refractivity contribution in [2.24, 2.45) is 10.1 Å². The van der Waals surface area contributed by atoms with Crippen LogP contribution in [0.5, 0.6) is 5.75 Å². The maximum absolute atomic E-state index is 14.6. The van der Waals surface area contributed by atoms with E-state index in [2.05, 4.69) is 15.3 Å². The second-order valence-corrected chi connectivity index (χ2v) is 11.6. The van der Waals surface area contributed by atoms with Crippen LogP contribution in [0.4, 0.5) is 10.1 Å². The number of aliphatic hydroxyl groups excluding tert-OH is 1. The van der Waals surface area contributed by atoms with Gasteiger partial charge in [0.2, 0.25) is 5.90 Å². The van der Waals surface area contributed by atoms with Crippen LogP contribution < -0.4 is 10.1 Å². The molecule has 10 heteroatoms. The first-order valence-corrected chi connectivity index (χ1v) is 15.9. The smallest absolute Gasteiger partial charge is 0.252 e. The zero-order valence-electron chi connectivity index (χ0n) is 26.6. The van der Waals surface area contributed by atoms with Gasteiger partial charge < -0.3 is 19.9 Å². The molecule has 5 aromatic rings. The van der Waals surface area contributed by atoms with Crippen LogP contribution in [0, 0.1) is 5.82 Å². The Morgan fingerprint density at radius 2 is 1.57 bits per heavy atom. The summed E-state index contributed by atoms with van der Waals surface area (Å²) >= 11 is 0. The SMILES string of the molecule is [N-]=[N+]=Nc1ccccc1C[C@@]1(C(=O)NCc2ccc(F)cc2)N=C(c2ccc(OCCCO)cc2)O[C@@H]1c1ccc(-c2ccccc2)cc1. The lowest BCUT2D eigenvalue weighted by molar-refractivity contribution is -0.129. The van der Waals surface area contributed by atoms with Crippen LogP contribution in [0.1, 0.15) is 34.8 Å². The number of azide groups is 1. The molecule has 0 aliphatic carbocycles. The van der Waals surface area contributed by atoms with Crippen LogP contribution in [0.3, 0.4) is 0 Å². The van der Waals surface area contributed by atoms with Gasteiger partial charge in [0.05, 0.1) is 6.61 Å². The van der Waals surface area contributed by atoms with E-state index >= 15 is 0 Å². The summed E-state index contributed by atoms with van der Waals surface area (Å²) in [6.45, 7) is 0.532. The Balaban J connectivity index is 1.44. The van der Waals surface area contributed by atoms with Gasteiger partial charge in [0, 0.05) is 42.2 Å². The van der Waals surface area contributed by atoms with Crippen molar-refractivity contribution in [1.82, 2.24) is 5.32 Å². The Morgan fingerprint density at radius 3 is 2.29 bits per heavy atom. The van der Waals surface area contributed by atoms with Crippen molar-refractivity contribution in [1.29, 1.82) is 0 Å². The van der Waals surface area contributed by atoms with Gasteiger partial charge in [0.25, 0.3) is 5.91 Å². The molecule has 0 fully saturated rings. The van der Waals surface area contributed by atoms with Crippen LogP contribution in [-0.4, -0.2) is 35.7 Å². The van der Waals surface area contributed by atoms with E-state index in [1.807, 2.05) is 72.8 Å². The van der Waals surface area contributed by atoms with Gasteiger partial charge in [0.1, 0.15) is 11.6 Å². The molecule has 0 saturated carbocycles. The first-order chi connectivity index (χ1) is 24.0. The summed E-state index contributed by atoms with van der Waals surface area (Å²) in [6.07, 6.45) is -0.316. The molecule has 2 atom stereocenters. The molecule has 6 rings (SSSR count). The number of rotatable bonds is 13. The third-order valence-electron chi connectivity index (χ3n) is 8.32. The molecule has 9 nitrogen and oxygen atoms in total. The monoisotopic (exact) mass is 655 g/mol. The highest BCUT2D eigenvalue weighted by Gasteiger charge is 2.53. The van der Waals surface area contributed by atoms with Crippen LogP contribution >= 0.6 is 0 Å². The van der Waals surface area contributed by atoms with E-state index in [9.17, 15) is 14.7 Å². The van der Waals surface area contributed by atoms with Crippen LogP contribution in [0.2, 0.25) is 0 Å². The average Bonchev–Trinajstić information content (AvgIpc) is 3.53. The summed E-state index contributed by atoms with van der Waals surface area (Å²) in [4.78, 5) is 22.7. The number of benzene rings is 5. The number of aliphatic imine (C=N–C) groups is 1. The molecule has 5 aromatic carbocycles. The van der Waals surface area contributed by atoms with E-state index in [-0.39, 0.29) is 31.3 Å². The Labute approximate surface area is 283 Å². The third-order valence-corrected chi connectivity index (χ3v) is 8.32. The van der Waals surface area contributed by atoms with Crippen molar-refractivity contribution < 1.29 is 23.8 Å². The minimum Gasteiger partial charge on any atom is -0.494 e. The maximum Gasteiger partial charge on any atom is 0.252 e. The second kappa shape index (κ2) is 15.3. The lowest BCUT2D eigenvalue weighted by atomic mass is 9.81. The summed E-state index contributed by atoms with van der Waals surface area (Å²) in [5.74, 6) is 0.0970. The highest BCUT2D eigenvalue weighted by Crippen LogP contribution is 2.44. The van der Waals surface area contributed by atoms with Gasteiger partial charge in [0.15, 0.2) is 11.6 Å². The largest absolute Gasteiger partial charge is 0.494 e. The first-order valence-electron chi connectivity index (χ1n) is 15.9. The predicted molar refractivity (Wildman–Crippen MR) is 186 cm³/mol. The van der Waals surface area contributed by atoms with Crippen LogP contribution in [-0.2, 0) is 22.5 Å². The standard InChI is InChI=1S/C39H34FN5O4/c40-33-19-11-27(12-20-33)26-42-38(47)39(25-32-9-4-5-10-35(32)44-45-41)36(30-15-13-29(14-16-30)28-7-2-1-3-8-28)49-37(43-39)31-17-21-34(22-18-31)48-24-6-23-46/h1-5,7-22,36,46H,6,23-26H2,(H,42,47)/t36-,39-/m1/s1. The van der Waals surface area contributed by atoms with Crippen molar-refractivity contribution in [3.8, 4) is 16.9 Å². The number of ether oxygens (including phenoxy) is 2. The molecular weight excluding hydrogens is 621 g/mol. The zero-order chi connectivity index (χ0) is 34.1. The van der Waals surface area contributed by atoms with Crippen molar-refractivity contribution in [3.05, 3.63) is 166 Å². The third kappa shape index (κ3) is 7.62. The molecule has 0 spiro atoms. The Kier molecular flexibility index (Phi) is 10.3. The van der Waals surface area contributed by atoms with Crippen molar-refractivity contribution in [2.75, 3.05) is 13.2 Å². The van der Waals surface area contributed by atoms with Crippen molar-refractivity contribution in [2.45, 2.75) is 31.0 Å². The average molecular weight is 656 g/mol. The lowest BCUT2D eigenvalue weighted by Crippen LogP contribution is -2.49. The molecule has 1 aliphatic rings. The summed E-state index contributed by atoms with van der Waals surface area (Å²) < 4.78 is 26.0. The number of nitrogens with one attached hydrogen (secondary N) is 1. The fourth-order valence-electron chi connectivity index (χ4n) is 5.80. The lowest BCUT2D eigenvalue weighted by Gasteiger charge is -2.31. The van der Waals surface area contributed by atoms with E-state index in [4.69, 9.17) is 19.6 Å². The number of halogens is 1. The summed E-state index contributed by atoms with van der Waals surface area (Å²) in [6, 6.07) is 38.0. The molecule has 246 valence electrons. The van der Waals surface area contributed by atoms with Gasteiger partial charge >= 0.3 is 0 Å². The summed E-state index contributed by atoms with van der Waals surface area (Å²) in [5.41, 5.74) is 12.9. The molecule has 1 heterocycles.